The van der Waals surface area contributed by atoms with Crippen molar-refractivity contribution in [3.05, 3.63) is 34.3 Å². The van der Waals surface area contributed by atoms with E-state index in [1.165, 1.54) is 49.7 Å². The molecule has 1 nitrogen and oxygen atoms in total. The summed E-state index contributed by atoms with van der Waals surface area (Å²) in [6, 6.07) is 6.91. The molecule has 0 aliphatic heterocycles. The van der Waals surface area contributed by atoms with E-state index in [0.29, 0.717) is 6.04 Å². The van der Waals surface area contributed by atoms with Gasteiger partial charge in [0.1, 0.15) is 0 Å². The van der Waals surface area contributed by atoms with Gasteiger partial charge in [0.2, 0.25) is 0 Å². The number of hydrogen-bond donors (Lipinski definition) is 1. The van der Waals surface area contributed by atoms with Gasteiger partial charge in [-0.1, -0.05) is 43.1 Å². The highest BCUT2D eigenvalue weighted by molar-refractivity contribution is 6.32. The molecular weight excluding hydrogens is 278 g/mol. The number of rotatable bonds is 6. The molecular formula is C19H28ClN. The minimum Gasteiger partial charge on any atom is -0.310 e. The standard InChI is InChI=1S/C19H28ClN/c1-3-9-21-18(17-6-4-5-13(2)19(17)20)12-16-11-14-7-8-15(16)10-14/h4-6,14-16,18,21H,3,7-12H2,1-2H3. The lowest BCUT2D eigenvalue weighted by atomic mass is 9.82. The highest BCUT2D eigenvalue weighted by Gasteiger charge is 2.40. The minimum atomic E-state index is 0.432. The van der Waals surface area contributed by atoms with E-state index in [9.17, 15) is 0 Å². The molecule has 3 rings (SSSR count). The molecule has 0 heterocycles. The Bertz CT molecular complexity index is 484. The van der Waals surface area contributed by atoms with Crippen LogP contribution in [0, 0.1) is 24.7 Å². The first kappa shape index (κ1) is 15.4. The second kappa shape index (κ2) is 6.71. The van der Waals surface area contributed by atoms with Gasteiger partial charge in [0.05, 0.1) is 0 Å². The molecule has 2 aliphatic rings. The first-order valence-corrected chi connectivity index (χ1v) is 9.05. The summed E-state index contributed by atoms with van der Waals surface area (Å²) in [7, 11) is 0. The van der Waals surface area contributed by atoms with E-state index in [1.54, 1.807) is 0 Å². The Kier molecular flexibility index (Phi) is 4.91. The van der Waals surface area contributed by atoms with Crippen LogP contribution in [0.1, 0.15) is 62.6 Å². The van der Waals surface area contributed by atoms with Crippen molar-refractivity contribution >= 4 is 11.6 Å². The zero-order valence-electron chi connectivity index (χ0n) is 13.4. The van der Waals surface area contributed by atoms with Crippen LogP contribution in [0.2, 0.25) is 5.02 Å². The van der Waals surface area contributed by atoms with Gasteiger partial charge in [-0.2, -0.15) is 0 Å². The van der Waals surface area contributed by atoms with Gasteiger partial charge in [0, 0.05) is 11.1 Å². The van der Waals surface area contributed by atoms with Crippen molar-refractivity contribution in [3.8, 4) is 0 Å². The van der Waals surface area contributed by atoms with Crippen LogP contribution >= 0.6 is 11.6 Å². The second-order valence-corrected chi connectivity index (χ2v) is 7.53. The largest absolute Gasteiger partial charge is 0.310 e. The monoisotopic (exact) mass is 305 g/mol. The number of hydrogen-bond acceptors (Lipinski definition) is 1. The molecule has 0 amide bonds. The quantitative estimate of drug-likeness (QED) is 0.730. The maximum Gasteiger partial charge on any atom is 0.0482 e. The van der Waals surface area contributed by atoms with Crippen LogP contribution < -0.4 is 5.32 Å². The topological polar surface area (TPSA) is 12.0 Å². The lowest BCUT2D eigenvalue weighted by Crippen LogP contribution is -2.26. The normalized spacial score (nSPS) is 29.0. The number of fused-ring (bicyclic) bond motifs is 2. The summed E-state index contributed by atoms with van der Waals surface area (Å²) in [6.45, 7) is 5.43. The maximum atomic E-state index is 6.59. The fourth-order valence-electron chi connectivity index (χ4n) is 4.55. The fraction of sp³-hybridized carbons (Fsp3) is 0.684. The summed E-state index contributed by atoms with van der Waals surface area (Å²) < 4.78 is 0. The Labute approximate surface area is 134 Å². The zero-order chi connectivity index (χ0) is 14.8. The predicted molar refractivity (Wildman–Crippen MR) is 90.8 cm³/mol. The Morgan fingerprint density at radius 2 is 2.14 bits per heavy atom. The second-order valence-electron chi connectivity index (χ2n) is 7.16. The lowest BCUT2D eigenvalue weighted by molar-refractivity contribution is 0.279. The average Bonchev–Trinajstić information content (AvgIpc) is 3.09. The number of benzene rings is 1. The van der Waals surface area contributed by atoms with E-state index < -0.39 is 0 Å². The fourth-order valence-corrected chi connectivity index (χ4v) is 4.80. The average molecular weight is 306 g/mol. The van der Waals surface area contributed by atoms with Crippen molar-refractivity contribution in [2.75, 3.05) is 6.54 Å². The van der Waals surface area contributed by atoms with Crippen LogP contribution in [-0.4, -0.2) is 6.54 Å². The van der Waals surface area contributed by atoms with Gasteiger partial charge in [-0.3, -0.25) is 0 Å². The van der Waals surface area contributed by atoms with E-state index >= 15 is 0 Å². The highest BCUT2D eigenvalue weighted by Crippen LogP contribution is 2.51. The zero-order valence-corrected chi connectivity index (χ0v) is 14.1. The summed E-state index contributed by atoms with van der Waals surface area (Å²) in [5.41, 5.74) is 2.51. The Hall–Kier alpha value is -0.530. The summed E-state index contributed by atoms with van der Waals surface area (Å²) in [4.78, 5) is 0. The Morgan fingerprint density at radius 3 is 2.81 bits per heavy atom. The molecule has 1 aromatic rings. The number of aryl methyl sites for hydroxylation is 1. The third kappa shape index (κ3) is 3.29. The molecule has 2 saturated carbocycles. The molecule has 2 bridgehead atoms. The van der Waals surface area contributed by atoms with Crippen LogP contribution in [0.4, 0.5) is 0 Å². The van der Waals surface area contributed by atoms with Gasteiger partial charge >= 0.3 is 0 Å². The predicted octanol–water partition coefficient (Wildman–Crippen LogP) is 5.52. The molecule has 4 unspecified atom stereocenters. The third-order valence-corrected chi connectivity index (χ3v) is 6.18. The van der Waals surface area contributed by atoms with Crippen molar-refractivity contribution in [1.82, 2.24) is 5.32 Å². The molecule has 0 saturated heterocycles. The summed E-state index contributed by atoms with van der Waals surface area (Å²) >= 11 is 6.59. The van der Waals surface area contributed by atoms with Crippen molar-refractivity contribution in [3.63, 3.8) is 0 Å². The number of nitrogens with one attached hydrogen (secondary N) is 1. The van der Waals surface area contributed by atoms with Gasteiger partial charge in [0.15, 0.2) is 0 Å². The molecule has 21 heavy (non-hydrogen) atoms. The maximum absolute atomic E-state index is 6.59. The van der Waals surface area contributed by atoms with Gasteiger partial charge in [0.25, 0.3) is 0 Å². The smallest absolute Gasteiger partial charge is 0.0482 e. The molecule has 116 valence electrons. The molecule has 2 fully saturated rings. The van der Waals surface area contributed by atoms with Gasteiger partial charge < -0.3 is 5.32 Å². The Morgan fingerprint density at radius 1 is 1.29 bits per heavy atom. The van der Waals surface area contributed by atoms with Crippen LogP contribution in [0.25, 0.3) is 0 Å². The SMILES string of the molecule is CCCNC(CC1CC2CCC1C2)c1cccc(C)c1Cl. The molecule has 1 aromatic carbocycles. The first-order chi connectivity index (χ1) is 10.2. The molecule has 0 radical (unpaired) electrons. The summed E-state index contributed by atoms with van der Waals surface area (Å²) in [5, 5.41) is 4.72. The molecule has 4 atom stereocenters. The summed E-state index contributed by atoms with van der Waals surface area (Å²) in [6.07, 6.45) is 8.35. The molecule has 0 spiro atoms. The van der Waals surface area contributed by atoms with Gasteiger partial charge in [-0.05, 0) is 74.5 Å². The van der Waals surface area contributed by atoms with E-state index in [1.807, 2.05) is 0 Å². The molecule has 0 aromatic heterocycles. The van der Waals surface area contributed by atoms with Crippen molar-refractivity contribution in [1.29, 1.82) is 0 Å². The third-order valence-electron chi connectivity index (χ3n) is 5.66. The Balaban J connectivity index is 1.75. The molecule has 2 aliphatic carbocycles. The van der Waals surface area contributed by atoms with E-state index in [0.717, 1.165) is 29.3 Å². The van der Waals surface area contributed by atoms with E-state index in [4.69, 9.17) is 11.6 Å². The van der Waals surface area contributed by atoms with Crippen molar-refractivity contribution in [2.24, 2.45) is 17.8 Å². The van der Waals surface area contributed by atoms with Crippen LogP contribution in [0.3, 0.4) is 0 Å². The van der Waals surface area contributed by atoms with Crippen LogP contribution in [0.5, 0.6) is 0 Å². The number of halogens is 1. The van der Waals surface area contributed by atoms with Crippen LogP contribution in [-0.2, 0) is 0 Å². The van der Waals surface area contributed by atoms with Crippen molar-refractivity contribution in [2.45, 2.75) is 58.4 Å². The molecule has 2 heteroatoms. The van der Waals surface area contributed by atoms with E-state index in [2.05, 4.69) is 37.4 Å². The summed E-state index contributed by atoms with van der Waals surface area (Å²) in [5.74, 6) is 2.93. The van der Waals surface area contributed by atoms with Crippen molar-refractivity contribution < 1.29 is 0 Å². The van der Waals surface area contributed by atoms with Crippen LogP contribution in [0.15, 0.2) is 18.2 Å². The minimum absolute atomic E-state index is 0.432. The first-order valence-electron chi connectivity index (χ1n) is 8.67. The van der Waals surface area contributed by atoms with Gasteiger partial charge in [-0.25, -0.2) is 0 Å². The highest BCUT2D eigenvalue weighted by atomic mass is 35.5. The van der Waals surface area contributed by atoms with E-state index in [-0.39, 0.29) is 0 Å². The lowest BCUT2D eigenvalue weighted by Gasteiger charge is -2.28. The molecule has 1 N–H and O–H groups in total. The van der Waals surface area contributed by atoms with Gasteiger partial charge in [-0.15, -0.1) is 0 Å².